The quantitative estimate of drug-likeness (QED) is 0.791. The third kappa shape index (κ3) is 3.37. The summed E-state index contributed by atoms with van der Waals surface area (Å²) in [7, 11) is 0. The predicted molar refractivity (Wildman–Crippen MR) is 76.7 cm³/mol. The number of hydrogen-bond donors (Lipinski definition) is 2. The van der Waals surface area contributed by atoms with E-state index < -0.39 is 0 Å². The highest BCUT2D eigenvalue weighted by Crippen LogP contribution is 2.12. The summed E-state index contributed by atoms with van der Waals surface area (Å²) in [6.45, 7) is 6.54. The molecule has 1 atom stereocenters. The summed E-state index contributed by atoms with van der Waals surface area (Å²) in [4.78, 5) is 14.4. The lowest BCUT2D eigenvalue weighted by molar-refractivity contribution is 0.0694. The van der Waals surface area contributed by atoms with Crippen LogP contribution in [-0.2, 0) is 6.54 Å². The van der Waals surface area contributed by atoms with Crippen molar-refractivity contribution >= 4 is 5.91 Å². The van der Waals surface area contributed by atoms with E-state index in [1.54, 1.807) is 9.58 Å². The Balaban J connectivity index is 2.12. The Morgan fingerprint density at radius 3 is 3.05 bits per heavy atom. The number of carbonyl (C=O) groups is 1. The maximum Gasteiger partial charge on any atom is 0.272 e. The molecule has 1 fully saturated rings. The van der Waals surface area contributed by atoms with Crippen LogP contribution in [0.3, 0.4) is 0 Å². The fraction of sp³-hybridized carbons (Fsp3) is 0.714. The zero-order valence-electron chi connectivity index (χ0n) is 12.3. The number of aliphatic hydroxyl groups is 1. The maximum absolute atomic E-state index is 12.6. The van der Waals surface area contributed by atoms with Crippen LogP contribution in [0.5, 0.6) is 0 Å². The first-order valence-corrected chi connectivity index (χ1v) is 7.33. The normalized spacial score (nSPS) is 18.4. The van der Waals surface area contributed by atoms with E-state index in [1.807, 2.05) is 19.9 Å². The van der Waals surface area contributed by atoms with E-state index >= 15 is 0 Å². The van der Waals surface area contributed by atoms with Gasteiger partial charge in [-0.05, 0) is 39.3 Å². The van der Waals surface area contributed by atoms with Gasteiger partial charge in [0.25, 0.3) is 5.91 Å². The van der Waals surface area contributed by atoms with Gasteiger partial charge in [-0.1, -0.05) is 0 Å². The topological polar surface area (TPSA) is 70.4 Å². The van der Waals surface area contributed by atoms with E-state index in [9.17, 15) is 9.90 Å². The molecule has 1 aromatic heterocycles. The Hall–Kier alpha value is -1.40. The first-order chi connectivity index (χ1) is 9.65. The van der Waals surface area contributed by atoms with Gasteiger partial charge in [-0.25, -0.2) is 0 Å². The molecule has 6 nitrogen and oxygen atoms in total. The van der Waals surface area contributed by atoms with Crippen LogP contribution in [-0.4, -0.2) is 58.0 Å². The number of aryl methyl sites for hydroxylation is 2. The fourth-order valence-corrected chi connectivity index (χ4v) is 2.70. The van der Waals surface area contributed by atoms with Crippen LogP contribution >= 0.6 is 0 Å². The molecular weight excluding hydrogens is 256 g/mol. The van der Waals surface area contributed by atoms with Crippen molar-refractivity contribution in [2.24, 2.45) is 0 Å². The second-order valence-corrected chi connectivity index (χ2v) is 5.25. The minimum atomic E-state index is -0.0461. The van der Waals surface area contributed by atoms with Crippen molar-refractivity contribution in [1.29, 1.82) is 0 Å². The van der Waals surface area contributed by atoms with Crippen LogP contribution in [0.15, 0.2) is 6.07 Å². The molecule has 1 aliphatic rings. The summed E-state index contributed by atoms with van der Waals surface area (Å²) in [5.41, 5.74) is 1.45. The molecule has 1 unspecified atom stereocenters. The van der Waals surface area contributed by atoms with Gasteiger partial charge in [0.05, 0.1) is 12.3 Å². The second kappa shape index (κ2) is 6.85. The molecule has 0 aliphatic carbocycles. The van der Waals surface area contributed by atoms with Gasteiger partial charge in [0, 0.05) is 25.7 Å². The first-order valence-electron chi connectivity index (χ1n) is 7.33. The number of nitrogens with one attached hydrogen (secondary N) is 1. The van der Waals surface area contributed by atoms with Gasteiger partial charge >= 0.3 is 0 Å². The Labute approximate surface area is 119 Å². The molecule has 1 aliphatic heterocycles. The van der Waals surface area contributed by atoms with Crippen molar-refractivity contribution in [3.05, 3.63) is 17.5 Å². The first kappa shape index (κ1) is 15.0. The molecule has 1 amide bonds. The monoisotopic (exact) mass is 280 g/mol. The summed E-state index contributed by atoms with van der Waals surface area (Å²) >= 11 is 0. The zero-order chi connectivity index (χ0) is 14.5. The third-order valence-corrected chi connectivity index (χ3v) is 3.68. The molecule has 0 spiro atoms. The summed E-state index contributed by atoms with van der Waals surface area (Å²) in [5, 5.41) is 16.9. The summed E-state index contributed by atoms with van der Waals surface area (Å²) in [6.07, 6.45) is 2.24. The molecule has 0 aromatic carbocycles. The van der Waals surface area contributed by atoms with Crippen molar-refractivity contribution in [2.75, 3.05) is 26.2 Å². The molecule has 112 valence electrons. The molecule has 1 saturated heterocycles. The molecule has 0 saturated carbocycles. The van der Waals surface area contributed by atoms with E-state index in [-0.39, 0.29) is 12.5 Å². The molecule has 20 heavy (non-hydrogen) atoms. The molecular formula is C14H24N4O2. The molecule has 1 aromatic rings. The average Bonchev–Trinajstić information content (AvgIpc) is 3.06. The highest BCUT2D eigenvalue weighted by Gasteiger charge is 2.24. The van der Waals surface area contributed by atoms with Gasteiger partial charge in [-0.2, -0.15) is 5.10 Å². The zero-order valence-corrected chi connectivity index (χ0v) is 12.3. The van der Waals surface area contributed by atoms with E-state index in [4.69, 9.17) is 0 Å². The number of carbonyl (C=O) groups excluding carboxylic acids is 1. The van der Waals surface area contributed by atoms with E-state index in [0.29, 0.717) is 31.4 Å². The standard InChI is InChI=1S/C14H24N4O2/c1-3-18-13(9-11(2)16-18)14(20)17(7-8-19)10-12-5-4-6-15-12/h9,12,15,19H,3-8,10H2,1-2H3. The predicted octanol–water partition coefficient (Wildman–Crippen LogP) is 0.398. The largest absolute Gasteiger partial charge is 0.395 e. The highest BCUT2D eigenvalue weighted by molar-refractivity contribution is 5.92. The van der Waals surface area contributed by atoms with Crippen LogP contribution in [0.25, 0.3) is 0 Å². The van der Waals surface area contributed by atoms with Crippen molar-refractivity contribution in [2.45, 2.75) is 39.3 Å². The van der Waals surface area contributed by atoms with Gasteiger partial charge < -0.3 is 15.3 Å². The molecule has 2 rings (SSSR count). The number of aliphatic hydroxyl groups excluding tert-OH is 1. The summed E-state index contributed by atoms with van der Waals surface area (Å²) in [6, 6.07) is 2.16. The van der Waals surface area contributed by atoms with Crippen LogP contribution < -0.4 is 5.32 Å². The van der Waals surface area contributed by atoms with Crippen molar-refractivity contribution in [1.82, 2.24) is 20.0 Å². The molecule has 6 heteroatoms. The minimum Gasteiger partial charge on any atom is -0.395 e. The van der Waals surface area contributed by atoms with Gasteiger partial charge in [0.2, 0.25) is 0 Å². The lowest BCUT2D eigenvalue weighted by Gasteiger charge is -2.25. The van der Waals surface area contributed by atoms with Gasteiger partial charge in [-0.15, -0.1) is 0 Å². The summed E-state index contributed by atoms with van der Waals surface area (Å²) < 4.78 is 1.73. The number of amides is 1. The van der Waals surface area contributed by atoms with Crippen LogP contribution in [0.1, 0.15) is 35.9 Å². The molecule has 0 bridgehead atoms. The number of aromatic nitrogens is 2. The van der Waals surface area contributed by atoms with Crippen molar-refractivity contribution in [3.8, 4) is 0 Å². The number of nitrogens with zero attached hydrogens (tertiary/aromatic N) is 3. The minimum absolute atomic E-state index is 0.0162. The molecule has 2 heterocycles. The van der Waals surface area contributed by atoms with Crippen LogP contribution in [0.2, 0.25) is 0 Å². The Morgan fingerprint density at radius 1 is 1.65 bits per heavy atom. The Bertz CT molecular complexity index is 452. The third-order valence-electron chi connectivity index (χ3n) is 3.68. The van der Waals surface area contributed by atoms with Crippen molar-refractivity contribution < 1.29 is 9.90 Å². The smallest absolute Gasteiger partial charge is 0.272 e. The average molecular weight is 280 g/mol. The second-order valence-electron chi connectivity index (χ2n) is 5.25. The molecule has 0 radical (unpaired) electrons. The highest BCUT2D eigenvalue weighted by atomic mass is 16.3. The van der Waals surface area contributed by atoms with Crippen molar-refractivity contribution in [3.63, 3.8) is 0 Å². The lowest BCUT2D eigenvalue weighted by atomic mass is 10.2. The van der Waals surface area contributed by atoms with E-state index in [2.05, 4.69) is 10.4 Å². The number of rotatable bonds is 6. The Kier molecular flexibility index (Phi) is 5.14. The van der Waals surface area contributed by atoms with Crippen LogP contribution in [0.4, 0.5) is 0 Å². The van der Waals surface area contributed by atoms with Gasteiger partial charge in [0.1, 0.15) is 5.69 Å². The fourth-order valence-electron chi connectivity index (χ4n) is 2.70. The SMILES string of the molecule is CCn1nc(C)cc1C(=O)N(CCO)CC1CCCN1. The summed E-state index contributed by atoms with van der Waals surface area (Å²) in [5.74, 6) is -0.0461. The lowest BCUT2D eigenvalue weighted by Crippen LogP contribution is -2.43. The van der Waals surface area contributed by atoms with Gasteiger partial charge in [0.15, 0.2) is 0 Å². The van der Waals surface area contributed by atoms with E-state index in [1.165, 1.54) is 0 Å². The molecule has 2 N–H and O–H groups in total. The van der Waals surface area contributed by atoms with Crippen LogP contribution in [0, 0.1) is 6.92 Å². The Morgan fingerprint density at radius 2 is 2.45 bits per heavy atom. The van der Waals surface area contributed by atoms with Gasteiger partial charge in [-0.3, -0.25) is 9.48 Å². The number of hydrogen-bond acceptors (Lipinski definition) is 4. The van der Waals surface area contributed by atoms with E-state index in [0.717, 1.165) is 25.1 Å². The maximum atomic E-state index is 12.6.